The lowest BCUT2D eigenvalue weighted by atomic mass is 10.1. The largest absolute Gasteiger partial charge is 0.493 e. The fourth-order valence-corrected chi connectivity index (χ4v) is 3.50. The zero-order chi connectivity index (χ0) is 23.0. The molecule has 2 aromatic rings. The normalized spacial score (nSPS) is 19.4. The summed E-state index contributed by atoms with van der Waals surface area (Å²) in [6, 6.07) is 4.98. The second-order valence-electron chi connectivity index (χ2n) is 6.92. The molecule has 0 saturated carbocycles. The second-order valence-corrected chi connectivity index (χ2v) is 6.92. The maximum Gasteiger partial charge on any atom is 0.263 e. The molecule has 2 aliphatic heterocycles. The van der Waals surface area contributed by atoms with E-state index in [9.17, 15) is 23.2 Å². The summed E-state index contributed by atoms with van der Waals surface area (Å²) < 4.78 is 37.2. The first kappa shape index (κ1) is 21.2. The van der Waals surface area contributed by atoms with Gasteiger partial charge in [-0.25, -0.2) is 13.7 Å². The summed E-state index contributed by atoms with van der Waals surface area (Å²) >= 11 is 0. The summed E-state index contributed by atoms with van der Waals surface area (Å²) in [4.78, 5) is 39.1. The number of nitrogens with zero attached hydrogens (tertiary/aromatic N) is 4. The predicted molar refractivity (Wildman–Crippen MR) is 106 cm³/mol. The van der Waals surface area contributed by atoms with Crippen LogP contribution in [0.3, 0.4) is 0 Å². The highest BCUT2D eigenvalue weighted by molar-refractivity contribution is 6.25. The van der Waals surface area contributed by atoms with Crippen LogP contribution in [0.15, 0.2) is 46.7 Å². The van der Waals surface area contributed by atoms with Gasteiger partial charge in [-0.1, -0.05) is 5.22 Å². The van der Waals surface area contributed by atoms with E-state index >= 15 is 0 Å². The standard InChI is InChI=1S/C20H17F2N5O5/c1-31-14-6-4-11(8-15(14)32-2)27-19(29)17-18(20(27)30)26(25-24-17)9-16(28)23-13-5-3-10(21)7-12(13)22/h3-8,17-18H,9H2,1-2H3,(H,23,28)/t17-,18-/m1/s1. The van der Waals surface area contributed by atoms with Crippen LogP contribution in [-0.4, -0.2) is 55.6 Å². The number of fused-ring (bicyclic) bond motifs is 1. The first-order valence-corrected chi connectivity index (χ1v) is 9.36. The van der Waals surface area contributed by atoms with Gasteiger partial charge >= 0.3 is 0 Å². The van der Waals surface area contributed by atoms with Gasteiger partial charge in [0.2, 0.25) is 5.91 Å². The number of nitrogens with one attached hydrogen (secondary N) is 1. The van der Waals surface area contributed by atoms with Crippen molar-refractivity contribution < 1.29 is 32.6 Å². The van der Waals surface area contributed by atoms with Gasteiger partial charge in [0.25, 0.3) is 11.8 Å². The lowest BCUT2D eigenvalue weighted by Gasteiger charge is -2.20. The number of amides is 3. The van der Waals surface area contributed by atoms with E-state index in [1.807, 2.05) is 0 Å². The van der Waals surface area contributed by atoms with E-state index in [1.54, 1.807) is 6.07 Å². The van der Waals surface area contributed by atoms with Gasteiger partial charge in [0, 0.05) is 12.1 Å². The van der Waals surface area contributed by atoms with Gasteiger partial charge in [-0.05, 0) is 24.3 Å². The number of hydrogen-bond acceptors (Lipinski definition) is 8. The molecule has 2 atom stereocenters. The van der Waals surface area contributed by atoms with E-state index in [0.717, 1.165) is 22.0 Å². The first-order chi connectivity index (χ1) is 15.3. The molecule has 2 heterocycles. The van der Waals surface area contributed by atoms with Crippen LogP contribution in [0.5, 0.6) is 11.5 Å². The van der Waals surface area contributed by atoms with E-state index in [-0.39, 0.29) is 11.4 Å². The van der Waals surface area contributed by atoms with E-state index in [0.29, 0.717) is 17.6 Å². The van der Waals surface area contributed by atoms with Crippen molar-refractivity contribution in [3.05, 3.63) is 48.0 Å². The summed E-state index contributed by atoms with van der Waals surface area (Å²) in [5.41, 5.74) is 0.0184. The number of anilines is 2. The van der Waals surface area contributed by atoms with Crippen LogP contribution in [0.1, 0.15) is 0 Å². The Morgan fingerprint density at radius 1 is 1.06 bits per heavy atom. The van der Waals surface area contributed by atoms with Gasteiger partial charge in [0.15, 0.2) is 23.6 Å². The molecule has 12 heteroatoms. The Kier molecular flexibility index (Phi) is 5.43. The molecular formula is C20H17F2N5O5. The zero-order valence-corrected chi connectivity index (χ0v) is 16.9. The van der Waals surface area contributed by atoms with Crippen molar-refractivity contribution >= 4 is 29.1 Å². The van der Waals surface area contributed by atoms with Crippen LogP contribution in [0.4, 0.5) is 20.2 Å². The summed E-state index contributed by atoms with van der Waals surface area (Å²) in [6.07, 6.45) is 0. The molecule has 0 unspecified atom stereocenters. The molecule has 166 valence electrons. The number of ether oxygens (including phenoxy) is 2. The van der Waals surface area contributed by atoms with Gasteiger partial charge in [-0.3, -0.25) is 19.4 Å². The van der Waals surface area contributed by atoms with E-state index in [1.165, 1.54) is 26.4 Å². The Morgan fingerprint density at radius 2 is 1.81 bits per heavy atom. The molecule has 0 radical (unpaired) electrons. The number of methoxy groups -OCH3 is 2. The van der Waals surface area contributed by atoms with Gasteiger partial charge < -0.3 is 14.8 Å². The average molecular weight is 445 g/mol. The summed E-state index contributed by atoms with van der Waals surface area (Å²) in [5, 5.41) is 10.9. The molecule has 0 aromatic heterocycles. The highest BCUT2D eigenvalue weighted by Gasteiger charge is 2.55. The molecule has 10 nitrogen and oxygen atoms in total. The Labute approximate surface area is 180 Å². The average Bonchev–Trinajstić information content (AvgIpc) is 3.29. The molecule has 32 heavy (non-hydrogen) atoms. The van der Waals surface area contributed by atoms with Crippen LogP contribution in [0, 0.1) is 11.6 Å². The number of carbonyl (C=O) groups is 3. The van der Waals surface area contributed by atoms with Crippen molar-refractivity contribution in [2.45, 2.75) is 12.1 Å². The molecule has 0 spiro atoms. The SMILES string of the molecule is COc1ccc(N2C(=O)[C@@H]3N=NN(CC(=O)Nc4ccc(F)cc4F)[C@H]3C2=O)cc1OC. The van der Waals surface area contributed by atoms with Crippen LogP contribution < -0.4 is 19.7 Å². The quantitative estimate of drug-likeness (QED) is 0.680. The fourth-order valence-electron chi connectivity index (χ4n) is 3.50. The molecule has 2 aliphatic rings. The lowest BCUT2D eigenvalue weighted by molar-refractivity contribution is -0.123. The van der Waals surface area contributed by atoms with Crippen LogP contribution in [-0.2, 0) is 14.4 Å². The third-order valence-corrected chi connectivity index (χ3v) is 4.99. The molecule has 3 amide bonds. The number of rotatable bonds is 6. The molecule has 1 saturated heterocycles. The zero-order valence-electron chi connectivity index (χ0n) is 16.9. The number of imide groups is 1. The third kappa shape index (κ3) is 3.59. The minimum absolute atomic E-state index is 0.232. The van der Waals surface area contributed by atoms with E-state index < -0.39 is 48.0 Å². The minimum atomic E-state index is -1.13. The molecule has 0 aliphatic carbocycles. The maximum absolute atomic E-state index is 13.8. The smallest absolute Gasteiger partial charge is 0.263 e. The highest BCUT2D eigenvalue weighted by atomic mass is 19.1. The van der Waals surface area contributed by atoms with Gasteiger partial charge in [0.05, 0.1) is 25.6 Å². The number of halogens is 2. The van der Waals surface area contributed by atoms with Crippen LogP contribution in [0.25, 0.3) is 0 Å². The third-order valence-electron chi connectivity index (χ3n) is 4.99. The first-order valence-electron chi connectivity index (χ1n) is 9.36. The van der Waals surface area contributed by atoms with Crippen molar-refractivity contribution in [2.75, 3.05) is 31.0 Å². The number of hydrogen-bond donors (Lipinski definition) is 1. The summed E-state index contributed by atoms with van der Waals surface area (Å²) in [5.74, 6) is -2.96. The van der Waals surface area contributed by atoms with Gasteiger partial charge in [-0.2, -0.15) is 5.11 Å². The van der Waals surface area contributed by atoms with E-state index in [2.05, 4.69) is 15.7 Å². The fraction of sp³-hybridized carbons (Fsp3) is 0.250. The Balaban J connectivity index is 1.51. The summed E-state index contributed by atoms with van der Waals surface area (Å²) in [6.45, 7) is -0.472. The monoisotopic (exact) mass is 445 g/mol. The molecule has 4 rings (SSSR count). The molecular weight excluding hydrogens is 428 g/mol. The second kappa shape index (κ2) is 8.21. The van der Waals surface area contributed by atoms with Gasteiger partial charge in [0.1, 0.15) is 18.2 Å². The lowest BCUT2D eigenvalue weighted by Crippen LogP contribution is -2.43. The van der Waals surface area contributed by atoms with Crippen molar-refractivity contribution in [1.29, 1.82) is 0 Å². The van der Waals surface area contributed by atoms with Crippen molar-refractivity contribution in [3.63, 3.8) is 0 Å². The van der Waals surface area contributed by atoms with E-state index in [4.69, 9.17) is 9.47 Å². The van der Waals surface area contributed by atoms with Crippen LogP contribution >= 0.6 is 0 Å². The Morgan fingerprint density at radius 3 is 2.50 bits per heavy atom. The number of benzene rings is 2. The minimum Gasteiger partial charge on any atom is -0.493 e. The molecule has 0 bridgehead atoms. The van der Waals surface area contributed by atoms with Gasteiger partial charge in [-0.15, -0.1) is 0 Å². The maximum atomic E-state index is 13.8. The Bertz CT molecular complexity index is 1140. The number of carbonyl (C=O) groups excluding carboxylic acids is 3. The molecule has 1 N–H and O–H groups in total. The predicted octanol–water partition coefficient (Wildman–Crippen LogP) is 1.91. The van der Waals surface area contributed by atoms with Crippen LogP contribution in [0.2, 0.25) is 0 Å². The van der Waals surface area contributed by atoms with Crippen molar-refractivity contribution in [3.8, 4) is 11.5 Å². The van der Waals surface area contributed by atoms with Crippen molar-refractivity contribution in [1.82, 2.24) is 5.01 Å². The summed E-state index contributed by atoms with van der Waals surface area (Å²) in [7, 11) is 2.87. The Hall–Kier alpha value is -4.09. The molecule has 2 aromatic carbocycles. The highest BCUT2D eigenvalue weighted by Crippen LogP contribution is 2.36. The topological polar surface area (TPSA) is 113 Å². The van der Waals surface area contributed by atoms with Crippen molar-refractivity contribution in [2.24, 2.45) is 10.3 Å². The molecule has 1 fully saturated rings.